The number of fused-ring (bicyclic) bond motifs is 1. The molecule has 0 aromatic heterocycles. The number of benzene rings is 3. The number of β-lactam (4-membered cyclic amide) rings is 1. The minimum absolute atomic E-state index is 0.0658. The standard InChI is InChI=1S/C36H33Cl2N3O8S/c1-36(2,3)35(46)47-19-24-20-50-32-26(39-30(42)25(21-13-7-4-8-14-21)40-49-34(45)29(37)38)31(43)41(32)27(24)33(44)48-28(22-15-9-5-10-16-22)23-17-11-6-12-18-23/h4-18,26,28-29,32H,19-20H2,1-3H3,(H,39,42)/t26-,32+/m1/s1. The van der Waals surface area contributed by atoms with Gasteiger partial charge in [-0.3, -0.25) is 19.3 Å². The molecule has 1 N–H and O–H groups in total. The zero-order valence-electron chi connectivity index (χ0n) is 27.2. The highest BCUT2D eigenvalue weighted by Crippen LogP contribution is 2.42. The second-order valence-corrected chi connectivity index (χ2v) is 14.5. The van der Waals surface area contributed by atoms with Crippen molar-refractivity contribution < 1.29 is 38.3 Å². The predicted molar refractivity (Wildman–Crippen MR) is 188 cm³/mol. The number of carbonyl (C=O) groups is 5. The van der Waals surface area contributed by atoms with Crippen LogP contribution in [-0.2, 0) is 38.3 Å². The number of hydrogen-bond acceptors (Lipinski definition) is 10. The molecule has 0 radical (unpaired) electrons. The van der Waals surface area contributed by atoms with E-state index in [4.69, 9.17) is 37.5 Å². The normalized spacial score (nSPS) is 17.5. The maximum absolute atomic E-state index is 14.2. The van der Waals surface area contributed by atoms with Crippen molar-refractivity contribution in [1.29, 1.82) is 0 Å². The van der Waals surface area contributed by atoms with Crippen LogP contribution in [0.15, 0.2) is 107 Å². The molecule has 3 aromatic carbocycles. The van der Waals surface area contributed by atoms with E-state index >= 15 is 0 Å². The number of carbonyl (C=O) groups excluding carboxylic acids is 5. The smallest absolute Gasteiger partial charge is 0.367 e. The van der Waals surface area contributed by atoms with Gasteiger partial charge in [0.05, 0.1) is 5.41 Å². The van der Waals surface area contributed by atoms with Crippen molar-refractivity contribution in [3.8, 4) is 0 Å². The molecule has 2 aliphatic rings. The van der Waals surface area contributed by atoms with Gasteiger partial charge < -0.3 is 19.6 Å². The Labute approximate surface area is 302 Å². The summed E-state index contributed by atoms with van der Waals surface area (Å²) in [6.07, 6.45) is -0.816. The summed E-state index contributed by atoms with van der Waals surface area (Å²) in [5.74, 6) is -3.63. The van der Waals surface area contributed by atoms with Crippen molar-refractivity contribution in [3.05, 3.63) is 119 Å². The molecule has 0 aliphatic carbocycles. The molecule has 0 unspecified atom stereocenters. The van der Waals surface area contributed by atoms with Gasteiger partial charge in [0.1, 0.15) is 23.7 Å². The van der Waals surface area contributed by atoms with Gasteiger partial charge in [-0.25, -0.2) is 9.59 Å². The largest absolute Gasteiger partial charge is 0.461 e. The van der Waals surface area contributed by atoms with Crippen molar-refractivity contribution in [3.63, 3.8) is 0 Å². The Kier molecular flexibility index (Phi) is 11.7. The third-order valence-corrected chi connectivity index (χ3v) is 9.31. The van der Waals surface area contributed by atoms with E-state index in [2.05, 4.69) is 10.5 Å². The summed E-state index contributed by atoms with van der Waals surface area (Å²) in [4.78, 5) is 70.6. The van der Waals surface area contributed by atoms with Gasteiger partial charge >= 0.3 is 17.9 Å². The lowest BCUT2D eigenvalue weighted by atomic mass is 9.97. The van der Waals surface area contributed by atoms with Crippen LogP contribution >= 0.6 is 35.0 Å². The number of amides is 2. The van der Waals surface area contributed by atoms with Crippen LogP contribution in [-0.4, -0.2) is 68.9 Å². The lowest BCUT2D eigenvalue weighted by Crippen LogP contribution is -2.71. The van der Waals surface area contributed by atoms with Gasteiger partial charge in [-0.2, -0.15) is 0 Å². The molecule has 0 saturated carbocycles. The van der Waals surface area contributed by atoms with E-state index in [0.29, 0.717) is 22.3 Å². The average Bonchev–Trinajstić information content (AvgIpc) is 3.11. The second kappa shape index (κ2) is 15.9. The number of thioether (sulfide) groups is 1. The Balaban J connectivity index is 1.44. The topological polar surface area (TPSA) is 141 Å². The molecule has 260 valence electrons. The van der Waals surface area contributed by atoms with Crippen LogP contribution < -0.4 is 5.32 Å². The highest BCUT2D eigenvalue weighted by molar-refractivity contribution is 8.00. The van der Waals surface area contributed by atoms with Crippen LogP contribution in [0.4, 0.5) is 0 Å². The lowest BCUT2D eigenvalue weighted by Gasteiger charge is -2.49. The van der Waals surface area contributed by atoms with Crippen LogP contribution in [0.5, 0.6) is 0 Å². The second-order valence-electron chi connectivity index (χ2n) is 12.3. The molecule has 0 bridgehead atoms. The summed E-state index contributed by atoms with van der Waals surface area (Å²) in [7, 11) is 0. The van der Waals surface area contributed by atoms with Gasteiger partial charge in [-0.05, 0) is 31.9 Å². The summed E-state index contributed by atoms with van der Waals surface area (Å²) in [6.45, 7) is 4.87. The van der Waals surface area contributed by atoms with Crippen LogP contribution in [0.1, 0.15) is 43.6 Å². The fraction of sp³-hybridized carbons (Fsp3) is 0.278. The molecule has 1 fully saturated rings. The monoisotopic (exact) mass is 737 g/mol. The fourth-order valence-corrected chi connectivity index (χ4v) is 6.47. The molecule has 0 spiro atoms. The fourth-order valence-electron chi connectivity index (χ4n) is 5.06. The van der Waals surface area contributed by atoms with Crippen molar-refractivity contribution >= 4 is 70.4 Å². The minimum Gasteiger partial charge on any atom is -0.461 e. The summed E-state index contributed by atoms with van der Waals surface area (Å²) in [6, 6.07) is 25.4. The first kappa shape index (κ1) is 36.6. The molecule has 50 heavy (non-hydrogen) atoms. The van der Waals surface area contributed by atoms with Crippen LogP contribution in [0, 0.1) is 5.41 Å². The Morgan fingerprint density at radius 3 is 2.02 bits per heavy atom. The van der Waals surface area contributed by atoms with Crippen LogP contribution in [0.3, 0.4) is 0 Å². The third kappa shape index (κ3) is 8.38. The molecule has 1 saturated heterocycles. The first-order valence-electron chi connectivity index (χ1n) is 15.4. The number of rotatable bonds is 11. The van der Waals surface area contributed by atoms with E-state index in [1.165, 1.54) is 16.7 Å². The molecule has 2 heterocycles. The van der Waals surface area contributed by atoms with Gasteiger partial charge in [0.25, 0.3) is 11.8 Å². The number of ether oxygens (including phenoxy) is 2. The van der Waals surface area contributed by atoms with E-state index < -0.39 is 57.5 Å². The van der Waals surface area contributed by atoms with E-state index in [0.717, 1.165) is 0 Å². The lowest BCUT2D eigenvalue weighted by molar-refractivity contribution is -0.155. The number of oxime groups is 1. The Morgan fingerprint density at radius 1 is 0.920 bits per heavy atom. The van der Waals surface area contributed by atoms with Crippen LogP contribution in [0.2, 0.25) is 0 Å². The van der Waals surface area contributed by atoms with Crippen molar-refractivity contribution in [1.82, 2.24) is 10.2 Å². The number of nitrogens with one attached hydrogen (secondary N) is 1. The molecule has 2 aliphatic heterocycles. The Hall–Kier alpha value is -4.65. The van der Waals surface area contributed by atoms with Gasteiger partial charge in [-0.15, -0.1) is 11.8 Å². The first-order valence-corrected chi connectivity index (χ1v) is 17.4. The van der Waals surface area contributed by atoms with Gasteiger partial charge in [-0.1, -0.05) is 119 Å². The molecule has 5 rings (SSSR count). The summed E-state index contributed by atoms with van der Waals surface area (Å²) in [5.41, 5.74) is 0.902. The third-order valence-electron chi connectivity index (χ3n) is 7.61. The summed E-state index contributed by atoms with van der Waals surface area (Å²) < 4.78 is 11.7. The quantitative estimate of drug-likeness (QED) is 0.0692. The van der Waals surface area contributed by atoms with E-state index in [9.17, 15) is 24.0 Å². The number of hydrogen-bond donors (Lipinski definition) is 1. The van der Waals surface area contributed by atoms with Crippen molar-refractivity contribution in [2.45, 2.75) is 43.1 Å². The van der Waals surface area contributed by atoms with Crippen molar-refractivity contribution in [2.75, 3.05) is 12.4 Å². The molecule has 2 atom stereocenters. The maximum atomic E-state index is 14.2. The molecule has 14 heteroatoms. The number of alkyl halides is 2. The van der Waals surface area contributed by atoms with Crippen molar-refractivity contribution in [2.24, 2.45) is 10.6 Å². The Morgan fingerprint density at radius 2 is 1.48 bits per heavy atom. The molecule has 3 aromatic rings. The van der Waals surface area contributed by atoms with Crippen LogP contribution in [0.25, 0.3) is 0 Å². The zero-order valence-corrected chi connectivity index (χ0v) is 29.5. The number of halogens is 2. The summed E-state index contributed by atoms with van der Waals surface area (Å²) in [5, 5.41) is 5.61. The molecule has 2 amide bonds. The molecule has 11 nitrogen and oxygen atoms in total. The number of nitrogens with zero attached hydrogens (tertiary/aromatic N) is 2. The number of esters is 2. The average molecular weight is 739 g/mol. The molecular weight excluding hydrogens is 705 g/mol. The SMILES string of the molecule is CC(C)(C)C(=O)OCC1=C(C(=O)OC(c2ccccc2)c2ccccc2)N2C(=O)[C@@H](NC(=O)C(=NOC(=O)C(Cl)Cl)c3ccccc3)[C@@H]2SC1. The van der Waals surface area contributed by atoms with E-state index in [-0.39, 0.29) is 23.8 Å². The van der Waals surface area contributed by atoms with E-state index in [1.807, 2.05) is 60.7 Å². The first-order chi connectivity index (χ1) is 23.9. The van der Waals surface area contributed by atoms with E-state index in [1.54, 1.807) is 51.1 Å². The van der Waals surface area contributed by atoms with Gasteiger partial charge in [0, 0.05) is 16.9 Å². The predicted octanol–water partition coefficient (Wildman–Crippen LogP) is 5.31. The Bertz CT molecular complexity index is 1780. The zero-order chi connectivity index (χ0) is 36.0. The molecular formula is C36H33Cl2N3O8S. The van der Waals surface area contributed by atoms with Gasteiger partial charge in [0.15, 0.2) is 11.8 Å². The van der Waals surface area contributed by atoms with Gasteiger partial charge in [0.2, 0.25) is 4.84 Å². The summed E-state index contributed by atoms with van der Waals surface area (Å²) >= 11 is 12.4. The highest BCUT2D eigenvalue weighted by Gasteiger charge is 2.55. The highest BCUT2D eigenvalue weighted by atomic mass is 35.5. The minimum atomic E-state index is -1.54. The maximum Gasteiger partial charge on any atom is 0.367 e.